The van der Waals surface area contributed by atoms with E-state index in [9.17, 15) is 22.4 Å². The lowest BCUT2D eigenvalue weighted by Gasteiger charge is -2.02. The summed E-state index contributed by atoms with van der Waals surface area (Å²) in [7, 11) is -3.76. The van der Waals surface area contributed by atoms with Gasteiger partial charge in [0.1, 0.15) is 4.90 Å². The van der Waals surface area contributed by atoms with Crippen molar-refractivity contribution in [2.45, 2.75) is 4.90 Å². The van der Waals surface area contributed by atoms with Gasteiger partial charge in [-0.05, 0) is 6.07 Å². The summed E-state index contributed by atoms with van der Waals surface area (Å²) in [6, 6.07) is 2.43. The molecular formula is C7H6FNO5S. The minimum Gasteiger partial charge on any atom is -0.490 e. The van der Waals surface area contributed by atoms with Gasteiger partial charge in [0.05, 0.1) is 12.0 Å². The summed E-state index contributed by atoms with van der Waals surface area (Å²) in [6.45, 7) is 0. The largest absolute Gasteiger partial charge is 0.490 e. The number of halogens is 1. The Hall–Kier alpha value is -1.70. The maximum atomic E-state index is 12.5. The molecule has 0 heterocycles. The molecule has 6 nitrogen and oxygen atoms in total. The molecule has 1 aromatic carbocycles. The first-order valence-corrected chi connectivity index (χ1v) is 5.01. The zero-order chi connectivity index (χ0) is 11.6. The summed E-state index contributed by atoms with van der Waals surface area (Å²) in [6.07, 6.45) is 0. The van der Waals surface area contributed by atoms with Crippen LogP contribution in [0.5, 0.6) is 5.75 Å². The van der Waals surface area contributed by atoms with E-state index in [0.717, 1.165) is 25.3 Å². The smallest absolute Gasteiger partial charge is 0.332 e. The molecule has 0 bridgehead atoms. The Kier molecular flexibility index (Phi) is 2.89. The third kappa shape index (κ3) is 2.40. The van der Waals surface area contributed by atoms with Gasteiger partial charge in [-0.2, -0.15) is 8.42 Å². The number of ether oxygens (including phenoxy) is 1. The second-order valence-corrected chi connectivity index (χ2v) is 3.88. The van der Waals surface area contributed by atoms with Gasteiger partial charge in [0, 0.05) is 12.1 Å². The first kappa shape index (κ1) is 11.4. The lowest BCUT2D eigenvalue weighted by Crippen LogP contribution is -1.97. The highest BCUT2D eigenvalue weighted by molar-refractivity contribution is 7.86. The average Bonchev–Trinajstić information content (AvgIpc) is 2.15. The molecule has 1 aromatic rings. The van der Waals surface area contributed by atoms with Crippen molar-refractivity contribution in [3.8, 4) is 5.75 Å². The van der Waals surface area contributed by atoms with E-state index in [4.69, 9.17) is 0 Å². The van der Waals surface area contributed by atoms with Crippen molar-refractivity contribution in [2.75, 3.05) is 7.11 Å². The molecule has 1 rings (SSSR count). The number of hydrogen-bond donors (Lipinski definition) is 0. The summed E-state index contributed by atoms with van der Waals surface area (Å²) in [5.74, 6) is -0.307. The van der Waals surface area contributed by atoms with Crippen LogP contribution in [0, 0.1) is 10.1 Å². The molecule has 0 aromatic heterocycles. The molecule has 0 atom stereocenters. The van der Waals surface area contributed by atoms with Crippen molar-refractivity contribution in [1.29, 1.82) is 0 Å². The van der Waals surface area contributed by atoms with Crippen molar-refractivity contribution in [3.63, 3.8) is 0 Å². The van der Waals surface area contributed by atoms with E-state index in [1.165, 1.54) is 0 Å². The summed E-state index contributed by atoms with van der Waals surface area (Å²) >= 11 is 0. The molecule has 0 saturated carbocycles. The van der Waals surface area contributed by atoms with Crippen LogP contribution in [0.4, 0.5) is 9.57 Å². The van der Waals surface area contributed by atoms with E-state index in [2.05, 4.69) is 4.74 Å². The van der Waals surface area contributed by atoms with Crippen molar-refractivity contribution < 1.29 is 22.0 Å². The van der Waals surface area contributed by atoms with Gasteiger partial charge < -0.3 is 4.74 Å². The minimum atomic E-state index is -4.88. The normalized spacial score (nSPS) is 11.1. The average molecular weight is 235 g/mol. The number of benzene rings is 1. The number of rotatable bonds is 3. The highest BCUT2D eigenvalue weighted by Crippen LogP contribution is 2.29. The molecule has 0 saturated heterocycles. The molecular weight excluding hydrogens is 229 g/mol. The van der Waals surface area contributed by atoms with E-state index in [0.29, 0.717) is 0 Å². The van der Waals surface area contributed by atoms with Gasteiger partial charge in [-0.3, -0.25) is 10.1 Å². The maximum Gasteiger partial charge on any atom is 0.332 e. The molecule has 0 N–H and O–H groups in total. The van der Waals surface area contributed by atoms with E-state index in [-0.39, 0.29) is 5.75 Å². The van der Waals surface area contributed by atoms with Crippen LogP contribution in [0.3, 0.4) is 0 Å². The lowest BCUT2D eigenvalue weighted by atomic mass is 10.3. The molecule has 0 fully saturated rings. The van der Waals surface area contributed by atoms with E-state index in [1.54, 1.807) is 0 Å². The van der Waals surface area contributed by atoms with Crippen LogP contribution < -0.4 is 4.74 Å². The SMILES string of the molecule is COc1cc(S(=O)(=O)F)ccc1[N+](=O)[O-]. The number of nitro groups is 1. The maximum absolute atomic E-state index is 12.5. The molecule has 0 aliphatic rings. The monoisotopic (exact) mass is 235 g/mol. The third-order valence-electron chi connectivity index (χ3n) is 1.63. The van der Waals surface area contributed by atoms with E-state index >= 15 is 0 Å². The summed E-state index contributed by atoms with van der Waals surface area (Å²) in [4.78, 5) is 8.99. The molecule has 0 aliphatic heterocycles. The first-order chi connectivity index (χ1) is 6.86. The van der Waals surface area contributed by atoms with Gasteiger partial charge in [0.2, 0.25) is 0 Å². The van der Waals surface area contributed by atoms with E-state index < -0.39 is 25.7 Å². The zero-order valence-electron chi connectivity index (χ0n) is 7.51. The van der Waals surface area contributed by atoms with Gasteiger partial charge in [0.25, 0.3) is 0 Å². The fourth-order valence-electron chi connectivity index (χ4n) is 0.960. The number of hydrogen-bond acceptors (Lipinski definition) is 5. The molecule has 0 spiro atoms. The Bertz CT molecular complexity index is 498. The standard InChI is InChI=1S/C7H6FNO5S/c1-14-7-4-5(15(8,12)13)2-3-6(7)9(10)11/h2-4H,1H3. The van der Waals surface area contributed by atoms with Crippen molar-refractivity contribution in [3.05, 3.63) is 28.3 Å². The quantitative estimate of drug-likeness (QED) is 0.447. The Balaban J connectivity index is 3.38. The van der Waals surface area contributed by atoms with Gasteiger partial charge in [0.15, 0.2) is 5.75 Å². The zero-order valence-corrected chi connectivity index (χ0v) is 8.32. The van der Waals surface area contributed by atoms with Crippen LogP contribution >= 0.6 is 0 Å². The number of methoxy groups -OCH3 is 1. The Labute approximate surface area is 84.6 Å². The second kappa shape index (κ2) is 3.81. The molecule has 0 aliphatic carbocycles. The fraction of sp³-hybridized carbons (Fsp3) is 0.143. The van der Waals surface area contributed by atoms with Crippen LogP contribution in [0.25, 0.3) is 0 Å². The van der Waals surface area contributed by atoms with Gasteiger partial charge in [-0.15, -0.1) is 3.89 Å². The summed E-state index contributed by atoms with van der Waals surface area (Å²) in [5, 5.41) is 10.4. The predicted octanol–water partition coefficient (Wildman–Crippen LogP) is 1.26. The first-order valence-electron chi connectivity index (χ1n) is 3.63. The third-order valence-corrected chi connectivity index (χ3v) is 2.45. The molecule has 82 valence electrons. The highest BCUT2D eigenvalue weighted by Gasteiger charge is 2.20. The fourth-order valence-corrected chi connectivity index (χ4v) is 1.44. The second-order valence-electron chi connectivity index (χ2n) is 2.53. The van der Waals surface area contributed by atoms with Crippen LogP contribution in [0.15, 0.2) is 23.1 Å². The molecule has 15 heavy (non-hydrogen) atoms. The highest BCUT2D eigenvalue weighted by atomic mass is 32.3. The van der Waals surface area contributed by atoms with Crippen molar-refractivity contribution in [2.24, 2.45) is 0 Å². The lowest BCUT2D eigenvalue weighted by molar-refractivity contribution is -0.385. The van der Waals surface area contributed by atoms with Crippen molar-refractivity contribution >= 4 is 15.9 Å². The van der Waals surface area contributed by atoms with Gasteiger partial charge in [-0.25, -0.2) is 0 Å². The van der Waals surface area contributed by atoms with Crippen LogP contribution in [-0.2, 0) is 10.2 Å². The topological polar surface area (TPSA) is 86.5 Å². The Morgan fingerprint density at radius 3 is 2.47 bits per heavy atom. The molecule has 0 unspecified atom stereocenters. The number of nitro benzene ring substituents is 1. The molecule has 0 radical (unpaired) electrons. The number of nitrogens with zero attached hydrogens (tertiary/aromatic N) is 1. The summed E-state index contributed by atoms with van der Waals surface area (Å²) in [5.41, 5.74) is -0.426. The molecule has 8 heteroatoms. The Morgan fingerprint density at radius 1 is 1.47 bits per heavy atom. The van der Waals surface area contributed by atoms with E-state index in [1.807, 2.05) is 0 Å². The van der Waals surface area contributed by atoms with Gasteiger partial charge in [-0.1, -0.05) is 0 Å². The van der Waals surface area contributed by atoms with Crippen LogP contribution in [0.1, 0.15) is 0 Å². The summed E-state index contributed by atoms with van der Waals surface area (Å²) < 4.78 is 38.1. The Morgan fingerprint density at radius 2 is 2.07 bits per heavy atom. The van der Waals surface area contributed by atoms with Crippen LogP contribution in [0.2, 0.25) is 0 Å². The van der Waals surface area contributed by atoms with Crippen LogP contribution in [-0.4, -0.2) is 20.5 Å². The van der Waals surface area contributed by atoms with Gasteiger partial charge >= 0.3 is 15.9 Å². The predicted molar refractivity (Wildman–Crippen MR) is 47.9 cm³/mol. The molecule has 0 amide bonds. The van der Waals surface area contributed by atoms with Crippen molar-refractivity contribution in [1.82, 2.24) is 0 Å². The minimum absolute atomic E-state index is 0.307.